The number of rotatable bonds is 6. The molecular weight excluding hydrogens is 246 g/mol. The highest BCUT2D eigenvalue weighted by atomic mass is 16.5. The predicted octanol–water partition coefficient (Wildman–Crippen LogP) is 0.539. The fraction of sp³-hybridized carbons (Fsp3) is 0.917. The van der Waals surface area contributed by atoms with E-state index in [2.05, 4.69) is 34.7 Å². The molecule has 0 saturated carbocycles. The van der Waals surface area contributed by atoms with Crippen molar-refractivity contribution in [2.75, 3.05) is 26.9 Å². The zero-order valence-electron chi connectivity index (χ0n) is 11.9. The molecule has 1 N–H and O–H groups in total. The molecule has 0 aromatic carbocycles. The van der Waals surface area contributed by atoms with Crippen LogP contribution in [-0.4, -0.2) is 52.7 Å². The summed E-state index contributed by atoms with van der Waals surface area (Å²) in [6, 6.07) is 0.318. The van der Waals surface area contributed by atoms with Crippen molar-refractivity contribution in [3.05, 3.63) is 5.82 Å². The van der Waals surface area contributed by atoms with Crippen LogP contribution in [0.1, 0.15) is 38.6 Å². The van der Waals surface area contributed by atoms with Crippen molar-refractivity contribution < 1.29 is 9.47 Å². The van der Waals surface area contributed by atoms with Crippen molar-refractivity contribution in [2.24, 2.45) is 0 Å². The fourth-order valence-corrected chi connectivity index (χ4v) is 2.40. The van der Waals surface area contributed by atoms with Gasteiger partial charge in [0, 0.05) is 20.3 Å². The molecule has 7 heteroatoms. The topological polar surface area (TPSA) is 74.1 Å². The van der Waals surface area contributed by atoms with Gasteiger partial charge in [-0.25, -0.2) is 4.68 Å². The maximum Gasteiger partial charge on any atom is 0.165 e. The van der Waals surface area contributed by atoms with Crippen LogP contribution in [0, 0.1) is 0 Å². The smallest absolute Gasteiger partial charge is 0.165 e. The van der Waals surface area contributed by atoms with Crippen LogP contribution in [0.3, 0.4) is 0 Å². The Balaban J connectivity index is 1.94. The minimum atomic E-state index is -0.102. The molecule has 1 aliphatic heterocycles. The minimum Gasteiger partial charge on any atom is -0.383 e. The molecular formula is C12H23N5O2. The first-order chi connectivity index (χ1) is 9.12. The van der Waals surface area contributed by atoms with Crippen molar-refractivity contribution in [3.8, 4) is 0 Å². The third kappa shape index (κ3) is 3.95. The Morgan fingerprint density at radius 3 is 3.11 bits per heavy atom. The molecule has 1 saturated heterocycles. The molecule has 108 valence electrons. The maximum absolute atomic E-state index is 5.73. The summed E-state index contributed by atoms with van der Waals surface area (Å²) in [4.78, 5) is 0. The molecule has 7 nitrogen and oxygen atoms in total. The van der Waals surface area contributed by atoms with Crippen LogP contribution in [0.2, 0.25) is 0 Å². The summed E-state index contributed by atoms with van der Waals surface area (Å²) < 4.78 is 12.7. The molecule has 1 aromatic heterocycles. The quantitative estimate of drug-likeness (QED) is 0.760. The van der Waals surface area contributed by atoms with Gasteiger partial charge in [0.2, 0.25) is 0 Å². The van der Waals surface area contributed by atoms with Crippen LogP contribution in [0.15, 0.2) is 0 Å². The van der Waals surface area contributed by atoms with Gasteiger partial charge in [0.05, 0.1) is 24.8 Å². The van der Waals surface area contributed by atoms with Crippen molar-refractivity contribution in [2.45, 2.75) is 44.9 Å². The lowest BCUT2D eigenvalue weighted by Crippen LogP contribution is -2.36. The molecule has 1 aliphatic rings. The van der Waals surface area contributed by atoms with Crippen LogP contribution in [0.25, 0.3) is 0 Å². The minimum absolute atomic E-state index is 0.102. The lowest BCUT2D eigenvalue weighted by molar-refractivity contribution is -0.0714. The summed E-state index contributed by atoms with van der Waals surface area (Å²) in [6.45, 7) is 7.12. The van der Waals surface area contributed by atoms with Gasteiger partial charge in [-0.1, -0.05) is 0 Å². The van der Waals surface area contributed by atoms with E-state index in [1.54, 1.807) is 7.11 Å². The summed E-state index contributed by atoms with van der Waals surface area (Å²) in [5, 5.41) is 15.3. The normalized spacial score (nSPS) is 22.6. The van der Waals surface area contributed by atoms with E-state index in [-0.39, 0.29) is 5.60 Å². The van der Waals surface area contributed by atoms with Gasteiger partial charge in [-0.05, 0) is 37.1 Å². The van der Waals surface area contributed by atoms with Gasteiger partial charge < -0.3 is 14.8 Å². The Labute approximate surface area is 113 Å². The van der Waals surface area contributed by atoms with Crippen LogP contribution < -0.4 is 5.32 Å². The maximum atomic E-state index is 5.73. The van der Waals surface area contributed by atoms with Gasteiger partial charge in [-0.2, -0.15) is 0 Å². The summed E-state index contributed by atoms with van der Waals surface area (Å²) in [5.74, 6) is 0.874. The van der Waals surface area contributed by atoms with E-state index in [0.29, 0.717) is 19.2 Å². The second kappa shape index (κ2) is 6.40. The molecule has 2 rings (SSSR count). The van der Waals surface area contributed by atoms with E-state index in [1.807, 2.05) is 4.68 Å². The molecule has 0 aliphatic carbocycles. The highest BCUT2D eigenvalue weighted by molar-refractivity contribution is 4.89. The fourth-order valence-electron chi connectivity index (χ4n) is 2.40. The number of nitrogens with zero attached hydrogens (tertiary/aromatic N) is 4. The van der Waals surface area contributed by atoms with E-state index in [4.69, 9.17) is 9.47 Å². The highest BCUT2D eigenvalue weighted by Gasteiger charge is 2.31. The lowest BCUT2D eigenvalue weighted by atomic mass is 9.94. The summed E-state index contributed by atoms with van der Waals surface area (Å²) in [7, 11) is 1.69. The van der Waals surface area contributed by atoms with Gasteiger partial charge >= 0.3 is 0 Å². The van der Waals surface area contributed by atoms with E-state index >= 15 is 0 Å². The Kier molecular flexibility index (Phi) is 4.84. The largest absolute Gasteiger partial charge is 0.383 e. The molecule has 1 unspecified atom stereocenters. The van der Waals surface area contributed by atoms with E-state index in [0.717, 1.165) is 31.8 Å². The molecule has 1 atom stereocenters. The number of ether oxygens (including phenoxy) is 2. The monoisotopic (exact) mass is 269 g/mol. The summed E-state index contributed by atoms with van der Waals surface area (Å²) in [5.41, 5.74) is -0.102. The van der Waals surface area contributed by atoms with Gasteiger partial charge in [-0.15, -0.1) is 5.10 Å². The van der Waals surface area contributed by atoms with Crippen molar-refractivity contribution >= 4 is 0 Å². The standard InChI is InChI=1S/C12H23N5O2/c1-12(2)8-10(4-6-19-12)17-11(14-15-16-17)9-13-5-7-18-3/h10,13H,4-9H2,1-3H3. The molecule has 1 fully saturated rings. The third-order valence-electron chi connectivity index (χ3n) is 3.34. The Hall–Kier alpha value is -1.05. The van der Waals surface area contributed by atoms with Gasteiger partial charge in [0.25, 0.3) is 0 Å². The van der Waals surface area contributed by atoms with Crippen molar-refractivity contribution in [1.29, 1.82) is 0 Å². The van der Waals surface area contributed by atoms with Crippen molar-refractivity contribution in [3.63, 3.8) is 0 Å². The van der Waals surface area contributed by atoms with Gasteiger partial charge in [0.1, 0.15) is 0 Å². The van der Waals surface area contributed by atoms with Gasteiger partial charge in [-0.3, -0.25) is 0 Å². The average molecular weight is 269 g/mol. The lowest BCUT2D eigenvalue weighted by Gasteiger charge is -2.35. The summed E-state index contributed by atoms with van der Waals surface area (Å²) in [6.07, 6.45) is 1.89. The molecule has 0 amide bonds. The molecule has 0 bridgehead atoms. The van der Waals surface area contributed by atoms with E-state index in [9.17, 15) is 0 Å². The molecule has 1 aromatic rings. The Bertz CT molecular complexity index is 393. The SMILES string of the molecule is COCCNCc1nnnn1C1CCOC(C)(C)C1. The second-order valence-electron chi connectivity index (χ2n) is 5.46. The van der Waals surface area contributed by atoms with Crippen LogP contribution in [-0.2, 0) is 16.0 Å². The second-order valence-corrected chi connectivity index (χ2v) is 5.46. The number of hydrogen-bond acceptors (Lipinski definition) is 6. The molecule has 0 spiro atoms. The zero-order chi connectivity index (χ0) is 13.7. The van der Waals surface area contributed by atoms with E-state index < -0.39 is 0 Å². The van der Waals surface area contributed by atoms with Crippen LogP contribution in [0.5, 0.6) is 0 Å². The molecule has 2 heterocycles. The molecule has 19 heavy (non-hydrogen) atoms. The van der Waals surface area contributed by atoms with E-state index in [1.165, 1.54) is 0 Å². The first-order valence-electron chi connectivity index (χ1n) is 6.73. The zero-order valence-corrected chi connectivity index (χ0v) is 11.9. The summed E-state index contributed by atoms with van der Waals surface area (Å²) >= 11 is 0. The van der Waals surface area contributed by atoms with Gasteiger partial charge in [0.15, 0.2) is 5.82 Å². The highest BCUT2D eigenvalue weighted by Crippen LogP contribution is 2.31. The Morgan fingerprint density at radius 2 is 2.37 bits per heavy atom. The van der Waals surface area contributed by atoms with Crippen LogP contribution >= 0.6 is 0 Å². The third-order valence-corrected chi connectivity index (χ3v) is 3.34. The number of tetrazole rings is 1. The number of hydrogen-bond donors (Lipinski definition) is 1. The van der Waals surface area contributed by atoms with Crippen molar-refractivity contribution in [1.82, 2.24) is 25.5 Å². The number of nitrogens with one attached hydrogen (secondary N) is 1. The number of methoxy groups -OCH3 is 1. The average Bonchev–Trinajstić information content (AvgIpc) is 2.82. The van der Waals surface area contributed by atoms with Crippen LogP contribution in [0.4, 0.5) is 0 Å². The number of aromatic nitrogens is 4. The predicted molar refractivity (Wildman–Crippen MR) is 69.7 cm³/mol. The first-order valence-corrected chi connectivity index (χ1v) is 6.73. The first kappa shape index (κ1) is 14.4. The molecule has 0 radical (unpaired) electrons. The Morgan fingerprint density at radius 1 is 1.53 bits per heavy atom.